The van der Waals surface area contributed by atoms with Gasteiger partial charge in [-0.05, 0) is 44.9 Å². The molecule has 2 rings (SSSR count). The van der Waals surface area contributed by atoms with Crippen LogP contribution in [0.25, 0.3) is 0 Å². The third kappa shape index (κ3) is 5.42. The van der Waals surface area contributed by atoms with E-state index in [0.717, 1.165) is 12.1 Å². The lowest BCUT2D eigenvalue weighted by Gasteiger charge is -2.24. The van der Waals surface area contributed by atoms with Crippen molar-refractivity contribution >= 4 is 17.7 Å². The van der Waals surface area contributed by atoms with Gasteiger partial charge in [0.1, 0.15) is 5.60 Å². The summed E-state index contributed by atoms with van der Waals surface area (Å²) in [5.74, 6) is 0.324. The predicted octanol–water partition coefficient (Wildman–Crippen LogP) is 2.90. The van der Waals surface area contributed by atoms with Gasteiger partial charge in [0.2, 0.25) is 5.28 Å². The van der Waals surface area contributed by atoms with Crippen molar-refractivity contribution in [3.63, 3.8) is 0 Å². The van der Waals surface area contributed by atoms with Crippen LogP contribution in [-0.4, -0.2) is 46.3 Å². The average Bonchev–Trinajstić information content (AvgIpc) is 2.86. The highest BCUT2D eigenvalue weighted by Crippen LogP contribution is 2.20. The molecule has 7 heteroatoms. The summed E-state index contributed by atoms with van der Waals surface area (Å²) in [5.41, 5.74) is 0.291. The zero-order valence-electron chi connectivity index (χ0n) is 13.2. The number of halogens is 1. The molecule has 1 fully saturated rings. The van der Waals surface area contributed by atoms with Crippen molar-refractivity contribution in [1.82, 2.24) is 14.9 Å². The monoisotopic (exact) mass is 327 g/mol. The molecule has 1 aliphatic rings. The molecule has 1 aromatic heterocycles. The van der Waals surface area contributed by atoms with Gasteiger partial charge in [0.05, 0.1) is 18.9 Å². The van der Waals surface area contributed by atoms with E-state index in [1.807, 2.05) is 20.8 Å². The summed E-state index contributed by atoms with van der Waals surface area (Å²) in [6.45, 7) is 7.96. The molecular formula is C15H22ClN3O3. The fourth-order valence-electron chi connectivity index (χ4n) is 2.24. The maximum atomic E-state index is 12.0. The van der Waals surface area contributed by atoms with Gasteiger partial charge in [0.15, 0.2) is 0 Å². The van der Waals surface area contributed by atoms with Gasteiger partial charge < -0.3 is 14.4 Å². The molecule has 1 unspecified atom stereocenters. The topological polar surface area (TPSA) is 64.5 Å². The SMILES string of the molecule is CC(C)(C)OC(=O)N1CCC(COCc2ccnc(Cl)n2)C1. The van der Waals surface area contributed by atoms with Crippen molar-refractivity contribution in [2.75, 3.05) is 19.7 Å². The second-order valence-corrected chi connectivity index (χ2v) is 6.75. The lowest BCUT2D eigenvalue weighted by atomic mass is 10.1. The molecule has 0 radical (unpaired) electrons. The zero-order valence-corrected chi connectivity index (χ0v) is 14.0. The number of nitrogens with zero attached hydrogens (tertiary/aromatic N) is 3. The number of carbonyl (C=O) groups is 1. The Labute approximate surface area is 135 Å². The average molecular weight is 328 g/mol. The molecular weight excluding hydrogens is 306 g/mol. The quantitative estimate of drug-likeness (QED) is 0.796. The lowest BCUT2D eigenvalue weighted by Crippen LogP contribution is -2.35. The summed E-state index contributed by atoms with van der Waals surface area (Å²) in [7, 11) is 0. The van der Waals surface area contributed by atoms with E-state index in [1.165, 1.54) is 0 Å². The van der Waals surface area contributed by atoms with E-state index in [-0.39, 0.29) is 11.4 Å². The van der Waals surface area contributed by atoms with Crippen molar-refractivity contribution in [2.45, 2.75) is 39.4 Å². The van der Waals surface area contributed by atoms with Gasteiger partial charge in [-0.2, -0.15) is 0 Å². The van der Waals surface area contributed by atoms with Crippen LogP contribution in [0.15, 0.2) is 12.3 Å². The van der Waals surface area contributed by atoms with Crippen molar-refractivity contribution in [1.29, 1.82) is 0 Å². The number of aromatic nitrogens is 2. The molecule has 122 valence electrons. The van der Waals surface area contributed by atoms with Crippen LogP contribution in [0.1, 0.15) is 32.9 Å². The van der Waals surface area contributed by atoms with Gasteiger partial charge in [-0.3, -0.25) is 0 Å². The maximum Gasteiger partial charge on any atom is 0.410 e. The van der Waals surface area contributed by atoms with Gasteiger partial charge in [-0.1, -0.05) is 0 Å². The van der Waals surface area contributed by atoms with E-state index in [9.17, 15) is 4.79 Å². The maximum absolute atomic E-state index is 12.0. The third-order valence-electron chi connectivity index (χ3n) is 3.22. The molecule has 22 heavy (non-hydrogen) atoms. The number of hydrogen-bond donors (Lipinski definition) is 0. The lowest BCUT2D eigenvalue weighted by molar-refractivity contribution is 0.0270. The molecule has 0 aliphatic carbocycles. The van der Waals surface area contributed by atoms with E-state index in [4.69, 9.17) is 21.1 Å². The second kappa shape index (κ2) is 7.24. The van der Waals surface area contributed by atoms with Crippen molar-refractivity contribution in [3.8, 4) is 0 Å². The molecule has 1 aliphatic heterocycles. The Kier molecular flexibility index (Phi) is 5.58. The fraction of sp³-hybridized carbons (Fsp3) is 0.667. The number of rotatable bonds is 4. The molecule has 0 saturated carbocycles. The zero-order chi connectivity index (χ0) is 16.2. The fourth-order valence-corrected chi connectivity index (χ4v) is 2.41. The van der Waals surface area contributed by atoms with Gasteiger partial charge in [-0.15, -0.1) is 0 Å². The van der Waals surface area contributed by atoms with Gasteiger partial charge in [-0.25, -0.2) is 14.8 Å². The number of carbonyl (C=O) groups excluding carboxylic acids is 1. The minimum atomic E-state index is -0.460. The van der Waals surface area contributed by atoms with Crippen LogP contribution < -0.4 is 0 Å². The van der Waals surface area contributed by atoms with Crippen LogP contribution in [-0.2, 0) is 16.1 Å². The van der Waals surface area contributed by atoms with Crippen molar-refractivity contribution in [2.24, 2.45) is 5.92 Å². The Morgan fingerprint density at radius 1 is 1.50 bits per heavy atom. The Hall–Kier alpha value is -1.40. The third-order valence-corrected chi connectivity index (χ3v) is 3.41. The minimum Gasteiger partial charge on any atom is -0.444 e. The Balaban J connectivity index is 1.71. The van der Waals surface area contributed by atoms with E-state index in [2.05, 4.69) is 9.97 Å². The first kappa shape index (κ1) is 17.0. The molecule has 1 aromatic rings. The van der Waals surface area contributed by atoms with Gasteiger partial charge in [0, 0.05) is 25.2 Å². The van der Waals surface area contributed by atoms with Crippen LogP contribution in [0.4, 0.5) is 4.79 Å². The predicted molar refractivity (Wildman–Crippen MR) is 82.6 cm³/mol. The molecule has 0 spiro atoms. The van der Waals surface area contributed by atoms with Crippen molar-refractivity contribution < 1.29 is 14.3 Å². The summed E-state index contributed by atoms with van der Waals surface area (Å²) in [4.78, 5) is 21.6. The summed E-state index contributed by atoms with van der Waals surface area (Å²) >= 11 is 5.72. The van der Waals surface area contributed by atoms with E-state index in [0.29, 0.717) is 32.2 Å². The normalized spacial score (nSPS) is 18.5. The molecule has 1 amide bonds. The first-order valence-electron chi connectivity index (χ1n) is 7.36. The summed E-state index contributed by atoms with van der Waals surface area (Å²) in [5, 5.41) is 0.220. The van der Waals surface area contributed by atoms with Crippen LogP contribution in [0.3, 0.4) is 0 Å². The highest BCUT2D eigenvalue weighted by atomic mass is 35.5. The van der Waals surface area contributed by atoms with E-state index in [1.54, 1.807) is 17.2 Å². The number of likely N-dealkylation sites (tertiary alicyclic amines) is 1. The van der Waals surface area contributed by atoms with Crippen LogP contribution in [0.2, 0.25) is 5.28 Å². The second-order valence-electron chi connectivity index (χ2n) is 6.41. The molecule has 0 bridgehead atoms. The first-order valence-corrected chi connectivity index (χ1v) is 7.74. The Morgan fingerprint density at radius 2 is 2.27 bits per heavy atom. The van der Waals surface area contributed by atoms with E-state index < -0.39 is 5.60 Å². The standard InChI is InChI=1S/C15H22ClN3O3/c1-15(2,3)22-14(20)19-7-5-11(8-19)9-21-10-12-4-6-17-13(16)18-12/h4,6,11H,5,7-10H2,1-3H3. The van der Waals surface area contributed by atoms with E-state index >= 15 is 0 Å². The molecule has 0 aromatic carbocycles. The Morgan fingerprint density at radius 3 is 2.95 bits per heavy atom. The first-order chi connectivity index (χ1) is 10.3. The Bertz CT molecular complexity index is 519. The molecule has 1 atom stereocenters. The largest absolute Gasteiger partial charge is 0.444 e. The highest BCUT2D eigenvalue weighted by molar-refractivity contribution is 6.28. The number of ether oxygens (including phenoxy) is 2. The van der Waals surface area contributed by atoms with Gasteiger partial charge in [0.25, 0.3) is 0 Å². The van der Waals surface area contributed by atoms with Crippen LogP contribution in [0.5, 0.6) is 0 Å². The molecule has 6 nitrogen and oxygen atoms in total. The number of hydrogen-bond acceptors (Lipinski definition) is 5. The molecule has 2 heterocycles. The van der Waals surface area contributed by atoms with Gasteiger partial charge >= 0.3 is 6.09 Å². The molecule has 0 N–H and O–H groups in total. The molecule has 1 saturated heterocycles. The minimum absolute atomic E-state index is 0.220. The summed E-state index contributed by atoms with van der Waals surface area (Å²) < 4.78 is 11.0. The summed E-state index contributed by atoms with van der Waals surface area (Å²) in [6.07, 6.45) is 2.27. The smallest absolute Gasteiger partial charge is 0.410 e. The highest BCUT2D eigenvalue weighted by Gasteiger charge is 2.29. The summed E-state index contributed by atoms with van der Waals surface area (Å²) in [6, 6.07) is 1.77. The van der Waals surface area contributed by atoms with Crippen LogP contribution in [0, 0.1) is 5.92 Å². The number of amides is 1. The van der Waals surface area contributed by atoms with Crippen molar-refractivity contribution in [3.05, 3.63) is 23.2 Å². The van der Waals surface area contributed by atoms with Crippen LogP contribution >= 0.6 is 11.6 Å².